The first-order chi connectivity index (χ1) is 12.8. The summed E-state index contributed by atoms with van der Waals surface area (Å²) in [6, 6.07) is 12.8. The van der Waals surface area contributed by atoms with Crippen molar-refractivity contribution in [2.45, 2.75) is 38.4 Å². The molecule has 2 aromatic carbocycles. The summed E-state index contributed by atoms with van der Waals surface area (Å²) in [5.74, 6) is 0. The Labute approximate surface area is 159 Å². The first-order valence-corrected chi connectivity index (χ1v) is 10.1. The number of hydrogen-bond donors (Lipinski definition) is 1. The zero-order chi connectivity index (χ0) is 19.6. The average Bonchev–Trinajstić information content (AvgIpc) is 3.13. The maximum Gasteiger partial charge on any atom is 0.239 e. The van der Waals surface area contributed by atoms with Crippen LogP contribution in [0, 0.1) is 6.92 Å². The molecule has 0 aliphatic carbocycles. The summed E-state index contributed by atoms with van der Waals surface area (Å²) in [7, 11) is -4.03. The van der Waals surface area contributed by atoms with Gasteiger partial charge in [0.25, 0.3) is 0 Å². The van der Waals surface area contributed by atoms with E-state index in [-0.39, 0.29) is 11.0 Å². The summed E-state index contributed by atoms with van der Waals surface area (Å²) in [5.41, 5.74) is 3.77. The van der Waals surface area contributed by atoms with Crippen molar-refractivity contribution in [2.24, 2.45) is 5.14 Å². The molecule has 1 heterocycles. The van der Waals surface area contributed by atoms with Gasteiger partial charge in [-0.15, -0.1) is 0 Å². The second-order valence-electron chi connectivity index (χ2n) is 6.58. The normalized spacial score (nSPS) is 11.9. The Kier molecular flexibility index (Phi) is 5.46. The number of ether oxygens (including phenoxy) is 1. The second kappa shape index (κ2) is 7.64. The van der Waals surface area contributed by atoms with Crippen LogP contribution in [-0.4, -0.2) is 19.7 Å². The van der Waals surface area contributed by atoms with Crippen molar-refractivity contribution in [3.63, 3.8) is 0 Å². The highest BCUT2D eigenvalue weighted by molar-refractivity contribution is 7.89. The highest BCUT2D eigenvalue weighted by atomic mass is 32.2. The molecule has 2 N–H and O–H groups in total. The Morgan fingerprint density at radius 3 is 2.48 bits per heavy atom. The van der Waals surface area contributed by atoms with Crippen molar-refractivity contribution in [3.05, 3.63) is 59.9 Å². The van der Waals surface area contributed by atoms with Crippen molar-refractivity contribution in [3.8, 4) is 22.4 Å². The number of rotatable bonds is 6. The van der Waals surface area contributed by atoms with Crippen LogP contribution in [0.15, 0.2) is 58.1 Å². The fraction of sp³-hybridized carbons (Fsp3) is 0.250. The number of nitrogens with zero attached hydrogens (tertiary/aromatic N) is 1. The van der Waals surface area contributed by atoms with Crippen LogP contribution >= 0.6 is 0 Å². The number of sulfonamides is 1. The first-order valence-electron chi connectivity index (χ1n) is 8.56. The lowest BCUT2D eigenvalue weighted by Gasteiger charge is -2.17. The Hall–Kier alpha value is -2.48. The molecule has 0 fully saturated rings. The number of hydrogen-bond acceptors (Lipinski definition) is 5. The highest BCUT2D eigenvalue weighted by Crippen LogP contribution is 2.38. The summed E-state index contributed by atoms with van der Waals surface area (Å²) in [4.78, 5) is 0.0356. The monoisotopic (exact) mass is 386 g/mol. The van der Waals surface area contributed by atoms with Crippen LogP contribution in [0.2, 0.25) is 0 Å². The molecule has 0 atom stereocenters. The second-order valence-corrected chi connectivity index (χ2v) is 8.08. The van der Waals surface area contributed by atoms with Crippen LogP contribution in [0.25, 0.3) is 22.4 Å². The van der Waals surface area contributed by atoms with Crippen molar-refractivity contribution in [1.82, 2.24) is 5.16 Å². The van der Waals surface area contributed by atoms with Gasteiger partial charge >= 0.3 is 0 Å². The molecule has 0 bridgehead atoms. The smallest absolute Gasteiger partial charge is 0.239 e. The van der Waals surface area contributed by atoms with E-state index in [0.717, 1.165) is 16.7 Å². The van der Waals surface area contributed by atoms with Crippen LogP contribution in [-0.2, 0) is 21.4 Å². The van der Waals surface area contributed by atoms with Gasteiger partial charge in [-0.2, -0.15) is 0 Å². The SMILES string of the molecule is Cc1ccc(-c2ccccc2COC(C)C)c(S(N)(=O)=O)c1-c1ccon1. The summed E-state index contributed by atoms with van der Waals surface area (Å²) in [6.45, 7) is 6.08. The average molecular weight is 386 g/mol. The zero-order valence-corrected chi connectivity index (χ0v) is 16.3. The van der Waals surface area contributed by atoms with E-state index in [0.29, 0.717) is 23.4 Å². The van der Waals surface area contributed by atoms with Gasteiger partial charge < -0.3 is 9.26 Å². The van der Waals surface area contributed by atoms with E-state index in [4.69, 9.17) is 14.4 Å². The third kappa shape index (κ3) is 4.10. The van der Waals surface area contributed by atoms with Gasteiger partial charge in [-0.1, -0.05) is 41.6 Å². The minimum absolute atomic E-state index is 0.0356. The predicted octanol–water partition coefficient (Wildman–Crippen LogP) is 3.89. The minimum atomic E-state index is -4.03. The molecule has 0 radical (unpaired) electrons. The molecule has 0 amide bonds. The Morgan fingerprint density at radius 2 is 1.85 bits per heavy atom. The largest absolute Gasteiger partial charge is 0.374 e. The fourth-order valence-electron chi connectivity index (χ4n) is 3.01. The summed E-state index contributed by atoms with van der Waals surface area (Å²) in [6.07, 6.45) is 1.46. The molecule has 0 aliphatic heterocycles. The predicted molar refractivity (Wildman–Crippen MR) is 103 cm³/mol. The van der Waals surface area contributed by atoms with Gasteiger partial charge in [-0.25, -0.2) is 13.6 Å². The molecule has 0 unspecified atom stereocenters. The van der Waals surface area contributed by atoms with Gasteiger partial charge in [-0.05, 0) is 37.5 Å². The van der Waals surface area contributed by atoms with Gasteiger partial charge in [0.15, 0.2) is 0 Å². The maximum atomic E-state index is 12.6. The van der Waals surface area contributed by atoms with Crippen molar-refractivity contribution in [1.29, 1.82) is 0 Å². The van der Waals surface area contributed by atoms with Crippen molar-refractivity contribution in [2.75, 3.05) is 0 Å². The summed E-state index contributed by atoms with van der Waals surface area (Å²) >= 11 is 0. The molecule has 0 spiro atoms. The molecule has 0 aliphatic rings. The summed E-state index contributed by atoms with van der Waals surface area (Å²) in [5, 5.41) is 9.54. The third-order valence-electron chi connectivity index (χ3n) is 4.22. The lowest BCUT2D eigenvalue weighted by atomic mass is 9.95. The van der Waals surface area contributed by atoms with Gasteiger partial charge in [-0.3, -0.25) is 0 Å². The molecule has 3 rings (SSSR count). The molecule has 3 aromatic rings. The van der Waals surface area contributed by atoms with Gasteiger partial charge in [0.1, 0.15) is 12.0 Å². The van der Waals surface area contributed by atoms with E-state index in [2.05, 4.69) is 5.16 Å². The number of primary sulfonamides is 1. The number of benzene rings is 2. The molecule has 0 saturated carbocycles. The minimum Gasteiger partial charge on any atom is -0.374 e. The van der Waals surface area contributed by atoms with E-state index in [1.54, 1.807) is 12.1 Å². The third-order valence-corrected chi connectivity index (χ3v) is 5.22. The molecule has 1 aromatic heterocycles. The summed E-state index contributed by atoms with van der Waals surface area (Å²) < 4.78 is 35.8. The Balaban J connectivity index is 2.29. The van der Waals surface area contributed by atoms with Crippen molar-refractivity contribution < 1.29 is 17.7 Å². The van der Waals surface area contributed by atoms with Gasteiger partial charge in [0.05, 0.1) is 17.6 Å². The maximum absolute atomic E-state index is 12.6. The zero-order valence-electron chi connectivity index (χ0n) is 15.5. The van der Waals surface area contributed by atoms with E-state index in [1.807, 2.05) is 51.1 Å². The fourth-order valence-corrected chi connectivity index (χ4v) is 4.05. The Bertz CT molecular complexity index is 1040. The molecule has 27 heavy (non-hydrogen) atoms. The molecular formula is C20H22N2O4S. The van der Waals surface area contributed by atoms with Gasteiger partial charge in [0.2, 0.25) is 10.0 Å². The van der Waals surface area contributed by atoms with Crippen molar-refractivity contribution >= 4 is 10.0 Å². The number of aryl methyl sites for hydroxylation is 1. The molecular weight excluding hydrogens is 364 g/mol. The first kappa shape index (κ1) is 19.3. The highest BCUT2D eigenvalue weighted by Gasteiger charge is 2.25. The van der Waals surface area contributed by atoms with E-state index >= 15 is 0 Å². The molecule has 0 saturated heterocycles. The number of aromatic nitrogens is 1. The van der Waals surface area contributed by atoms with E-state index in [1.165, 1.54) is 6.26 Å². The quantitative estimate of drug-likeness (QED) is 0.693. The Morgan fingerprint density at radius 1 is 1.11 bits per heavy atom. The van der Waals surface area contributed by atoms with E-state index in [9.17, 15) is 8.42 Å². The lowest BCUT2D eigenvalue weighted by Crippen LogP contribution is -2.16. The van der Waals surface area contributed by atoms with Crippen LogP contribution in [0.4, 0.5) is 0 Å². The standard InChI is InChI=1S/C20H22N2O4S/c1-13(2)25-12-15-6-4-5-7-16(15)17-9-8-14(3)19(18-10-11-26-22-18)20(17)27(21,23)24/h4-11,13H,12H2,1-3H3,(H2,21,23,24). The molecule has 6 nitrogen and oxygen atoms in total. The van der Waals surface area contributed by atoms with Gasteiger partial charge in [0, 0.05) is 17.2 Å². The van der Waals surface area contributed by atoms with Crippen LogP contribution < -0.4 is 5.14 Å². The number of nitrogens with two attached hydrogens (primary N) is 1. The van der Waals surface area contributed by atoms with E-state index < -0.39 is 10.0 Å². The topological polar surface area (TPSA) is 95.4 Å². The molecule has 142 valence electrons. The lowest BCUT2D eigenvalue weighted by molar-refractivity contribution is 0.0660. The van der Waals surface area contributed by atoms with Crippen LogP contribution in [0.3, 0.4) is 0 Å². The van der Waals surface area contributed by atoms with Crippen LogP contribution in [0.1, 0.15) is 25.0 Å². The van der Waals surface area contributed by atoms with Crippen LogP contribution in [0.5, 0.6) is 0 Å². The molecule has 7 heteroatoms.